The van der Waals surface area contributed by atoms with E-state index in [1.54, 1.807) is 45.0 Å². The summed E-state index contributed by atoms with van der Waals surface area (Å²) in [6, 6.07) is 10.9. The molecule has 4 rings (SSSR count). The Kier molecular flexibility index (Phi) is 13.9. The fourth-order valence-corrected chi connectivity index (χ4v) is 7.04. The number of para-hydroxylation sites is 1. The van der Waals surface area contributed by atoms with Crippen molar-refractivity contribution in [1.82, 2.24) is 19.7 Å². The number of hydrogen-bond acceptors (Lipinski definition) is 15. The van der Waals surface area contributed by atoms with Crippen LogP contribution in [0.15, 0.2) is 48.8 Å². The van der Waals surface area contributed by atoms with Crippen LogP contribution >= 0.6 is 7.75 Å². The molecule has 3 aromatic rings. The number of nitrogens with zero attached hydrogens (tertiary/aromatic N) is 4. The highest BCUT2D eigenvalue weighted by atomic mass is 31.2. The van der Waals surface area contributed by atoms with Crippen molar-refractivity contribution in [2.45, 2.75) is 96.8 Å². The Morgan fingerprint density at radius 3 is 2.40 bits per heavy atom. The van der Waals surface area contributed by atoms with Gasteiger partial charge in [0.05, 0.1) is 18.9 Å². The second-order valence-electron chi connectivity index (χ2n) is 13.0. The van der Waals surface area contributed by atoms with Gasteiger partial charge in [-0.1, -0.05) is 65.7 Å². The van der Waals surface area contributed by atoms with Gasteiger partial charge in [-0.2, -0.15) is 15.4 Å². The molecule has 0 aliphatic carbocycles. The fraction of sp³-hybridized carbons (Fsp3) is 0.543. The quantitative estimate of drug-likeness (QED) is 0.0949. The van der Waals surface area contributed by atoms with E-state index in [0.717, 1.165) is 12.8 Å². The lowest BCUT2D eigenvalue weighted by molar-refractivity contribution is -0.170. The number of anilines is 1. The van der Waals surface area contributed by atoms with Crippen LogP contribution in [-0.4, -0.2) is 76.1 Å². The summed E-state index contributed by atoms with van der Waals surface area (Å²) in [6.45, 7) is 9.88. The first-order chi connectivity index (χ1) is 25.2. The molecular weight excluding hydrogens is 709 g/mol. The second kappa shape index (κ2) is 18.0. The third-order valence-corrected chi connectivity index (χ3v) is 10.6. The first-order valence-corrected chi connectivity index (χ1v) is 19.0. The third kappa shape index (κ3) is 9.51. The maximum absolute atomic E-state index is 14.5. The number of aromatic nitrogens is 3. The number of nitriles is 1. The summed E-state index contributed by atoms with van der Waals surface area (Å²) in [5.74, 6) is -2.31. The summed E-state index contributed by atoms with van der Waals surface area (Å²) in [4.78, 5) is 43.3. The largest absolute Gasteiger partial charge is 0.464 e. The van der Waals surface area contributed by atoms with Crippen molar-refractivity contribution in [2.24, 2.45) is 17.6 Å². The molecule has 5 N–H and O–H groups in total. The smallest absolute Gasteiger partial charge is 0.459 e. The van der Waals surface area contributed by atoms with E-state index in [0.29, 0.717) is 5.52 Å². The minimum absolute atomic E-state index is 0.0605. The zero-order valence-corrected chi connectivity index (χ0v) is 31.6. The highest BCUT2D eigenvalue weighted by Crippen LogP contribution is 2.48. The lowest BCUT2D eigenvalue weighted by atomic mass is 9.92. The maximum atomic E-state index is 14.5. The van der Waals surface area contributed by atoms with Gasteiger partial charge < -0.3 is 34.9 Å². The van der Waals surface area contributed by atoms with Crippen LogP contribution in [0.1, 0.15) is 66.5 Å². The molecule has 1 aromatic carbocycles. The number of nitrogens with two attached hydrogens (primary N) is 2. The summed E-state index contributed by atoms with van der Waals surface area (Å²) >= 11 is 0. The normalized spacial score (nSPS) is 22.2. The highest BCUT2D eigenvalue weighted by molar-refractivity contribution is 7.52. The zero-order valence-electron chi connectivity index (χ0n) is 30.7. The molecule has 53 heavy (non-hydrogen) atoms. The van der Waals surface area contributed by atoms with Gasteiger partial charge in [-0.3, -0.25) is 18.9 Å². The molecular formula is C35H48N7O10P. The van der Waals surface area contributed by atoms with Gasteiger partial charge in [0.1, 0.15) is 41.9 Å². The molecule has 0 bridgehead atoms. The number of ether oxygens (including phenoxy) is 4. The van der Waals surface area contributed by atoms with Crippen molar-refractivity contribution in [2.75, 3.05) is 18.9 Å². The van der Waals surface area contributed by atoms with Gasteiger partial charge in [-0.25, -0.2) is 14.1 Å². The van der Waals surface area contributed by atoms with Crippen LogP contribution in [0, 0.1) is 23.2 Å². The summed E-state index contributed by atoms with van der Waals surface area (Å²) in [5, 5.41) is 17.7. The topological polar surface area (TPSA) is 242 Å². The molecule has 7 atom stereocenters. The van der Waals surface area contributed by atoms with Crippen molar-refractivity contribution in [3.05, 3.63) is 54.5 Å². The van der Waals surface area contributed by atoms with E-state index in [-0.39, 0.29) is 42.1 Å². The predicted molar refractivity (Wildman–Crippen MR) is 191 cm³/mol. The molecule has 0 spiro atoms. The Hall–Kier alpha value is -4.59. The molecule has 1 aliphatic rings. The molecule has 2 aromatic heterocycles. The van der Waals surface area contributed by atoms with E-state index < -0.39 is 68.3 Å². The lowest BCUT2D eigenvalue weighted by Gasteiger charge is -2.29. The highest BCUT2D eigenvalue weighted by Gasteiger charge is 2.63. The molecule has 1 saturated heterocycles. The number of fused-ring (bicyclic) bond motifs is 1. The Morgan fingerprint density at radius 2 is 1.77 bits per heavy atom. The van der Waals surface area contributed by atoms with Crippen LogP contribution in [-0.2, 0) is 48.0 Å². The van der Waals surface area contributed by atoms with Crippen LogP contribution in [0.5, 0.6) is 5.75 Å². The number of hydrogen-bond donors (Lipinski definition) is 3. The van der Waals surface area contributed by atoms with Crippen LogP contribution in [0.25, 0.3) is 5.52 Å². The number of nitrogens with one attached hydrogen (secondary N) is 1. The first kappa shape index (κ1) is 41.2. The van der Waals surface area contributed by atoms with Crippen LogP contribution in [0.3, 0.4) is 0 Å². The molecule has 1 aliphatic heterocycles. The Morgan fingerprint density at radius 1 is 1.08 bits per heavy atom. The van der Waals surface area contributed by atoms with E-state index in [9.17, 15) is 24.2 Å². The zero-order chi connectivity index (χ0) is 38.9. The molecule has 1 fully saturated rings. The van der Waals surface area contributed by atoms with Gasteiger partial charge in [0.2, 0.25) is 5.60 Å². The Bertz CT molecular complexity index is 1820. The maximum Gasteiger partial charge on any atom is 0.459 e. The number of benzene rings is 1. The molecule has 288 valence electrons. The SMILES string of the molecule is CCC(=O)O[C@@H]1[C@H](OC(=O)[C@@H](N)C(C)C)[C@@H](COP(=O)(N[C@@H](C)C(=O)OCC(CC)CC)Oc2ccccc2)OC1(C#N)c1ccc2c(N)ncnn12. The lowest BCUT2D eigenvalue weighted by Crippen LogP contribution is -2.48. The third-order valence-electron chi connectivity index (χ3n) is 8.92. The van der Waals surface area contributed by atoms with Gasteiger partial charge in [0, 0.05) is 6.42 Å². The number of nitrogen functional groups attached to an aromatic ring is 1. The Balaban J connectivity index is 1.75. The molecule has 2 unspecified atom stereocenters. The first-order valence-electron chi connectivity index (χ1n) is 17.5. The number of rotatable bonds is 18. The van der Waals surface area contributed by atoms with Gasteiger partial charge in [0.15, 0.2) is 18.0 Å². The van der Waals surface area contributed by atoms with Crippen molar-refractivity contribution in [1.29, 1.82) is 5.26 Å². The number of carbonyl (C=O) groups excluding carboxylic acids is 3. The number of esters is 3. The standard InChI is InChI=1S/C35H48N7O10P/c1-7-23(8-2)17-47-33(44)22(6)41-53(46,52-24-13-11-10-12-14-24)48-18-26-30(50-34(45)29(37)21(4)5)31(49-28(43)9-3)35(19-36,51-26)27-16-15-25-32(38)39-20-40-42(25)27/h10-16,20-23,26,29-31H,7-9,17-18,37H2,1-6H3,(H,41,46)(H2,38,39,40)/t22-,26+,29-,30+,31+,35?,53?/m0/s1. The van der Waals surface area contributed by atoms with Crippen molar-refractivity contribution >= 4 is 37.0 Å². The van der Waals surface area contributed by atoms with Gasteiger partial charge in [0.25, 0.3) is 0 Å². The van der Waals surface area contributed by atoms with E-state index >= 15 is 0 Å². The van der Waals surface area contributed by atoms with Crippen LogP contribution in [0.4, 0.5) is 5.82 Å². The van der Waals surface area contributed by atoms with E-state index in [2.05, 4.69) is 21.2 Å². The minimum atomic E-state index is -4.50. The predicted octanol–water partition coefficient (Wildman–Crippen LogP) is 3.81. The summed E-state index contributed by atoms with van der Waals surface area (Å²) in [6.07, 6.45) is -1.94. The average molecular weight is 758 g/mol. The van der Waals surface area contributed by atoms with E-state index in [1.165, 1.54) is 36.0 Å². The van der Waals surface area contributed by atoms with Crippen molar-refractivity contribution in [3.63, 3.8) is 0 Å². The molecule has 3 heterocycles. The Labute approximate surface area is 308 Å². The van der Waals surface area contributed by atoms with E-state index in [1.807, 2.05) is 13.8 Å². The van der Waals surface area contributed by atoms with Crippen molar-refractivity contribution < 1.29 is 46.9 Å². The van der Waals surface area contributed by atoms with Gasteiger partial charge >= 0.3 is 25.7 Å². The fourth-order valence-electron chi connectivity index (χ4n) is 5.53. The molecule has 18 heteroatoms. The van der Waals surface area contributed by atoms with Gasteiger partial charge in [-0.15, -0.1) is 0 Å². The van der Waals surface area contributed by atoms with Crippen LogP contribution in [0.2, 0.25) is 0 Å². The molecule has 0 amide bonds. The average Bonchev–Trinajstić information content (AvgIpc) is 3.71. The second-order valence-corrected chi connectivity index (χ2v) is 14.7. The monoisotopic (exact) mass is 757 g/mol. The van der Waals surface area contributed by atoms with Gasteiger partial charge in [-0.05, 0) is 43.0 Å². The molecule has 0 saturated carbocycles. The van der Waals surface area contributed by atoms with E-state index in [4.69, 9.17) is 39.5 Å². The minimum Gasteiger partial charge on any atom is -0.464 e. The van der Waals surface area contributed by atoms with Crippen molar-refractivity contribution in [3.8, 4) is 11.8 Å². The molecule has 0 radical (unpaired) electrons. The van der Waals surface area contributed by atoms with Crippen LogP contribution < -0.4 is 21.1 Å². The summed E-state index contributed by atoms with van der Waals surface area (Å²) in [5.41, 5.74) is 10.4. The molecule has 17 nitrogen and oxygen atoms in total. The summed E-state index contributed by atoms with van der Waals surface area (Å²) < 4.78 is 51.1. The summed E-state index contributed by atoms with van der Waals surface area (Å²) in [7, 11) is -4.50. The number of carbonyl (C=O) groups is 3.